The van der Waals surface area contributed by atoms with Gasteiger partial charge in [0.15, 0.2) is 5.78 Å². The quantitative estimate of drug-likeness (QED) is 0.111. The van der Waals surface area contributed by atoms with Crippen molar-refractivity contribution >= 4 is 5.78 Å². The smallest absolute Gasteiger partial charge is 0.153 e. The lowest BCUT2D eigenvalue weighted by Gasteiger charge is -2.49. The SMILES string of the molecule is CCCCCCC1OCC(C)NC2C(COC3CC(CN)C3)NC3C(CN)NC4C(C5CCCCCC5)NC5C(CCC)N(C)C(C1C)C5(CC)C(=O)C234. The number of ether oxygens (including phenoxy) is 2. The Morgan fingerprint density at radius 1 is 0.833 bits per heavy atom. The topological polar surface area (TPSA) is 139 Å². The van der Waals surface area contributed by atoms with Crippen LogP contribution in [0.3, 0.4) is 0 Å². The maximum Gasteiger partial charge on any atom is 0.153 e. The van der Waals surface area contributed by atoms with Crippen LogP contribution in [0, 0.1) is 28.6 Å². The van der Waals surface area contributed by atoms with Gasteiger partial charge in [-0.05, 0) is 83.2 Å². The first-order valence-electron chi connectivity index (χ1n) is 23.1. The molecule has 5 aliphatic heterocycles. The monoisotopic (exact) mass is 756 g/mol. The zero-order valence-electron chi connectivity index (χ0n) is 35.1. The predicted octanol–water partition coefficient (Wildman–Crippen LogP) is 4.48. The molecule has 0 aromatic rings. The minimum Gasteiger partial charge on any atom is -0.377 e. The van der Waals surface area contributed by atoms with Gasteiger partial charge in [-0.2, -0.15) is 0 Å². The van der Waals surface area contributed by atoms with E-state index in [9.17, 15) is 0 Å². The molecular formula is C44H81N7O3. The summed E-state index contributed by atoms with van der Waals surface area (Å²) in [5.41, 5.74) is 11.5. The number of hydrogen-bond acceptors (Lipinski definition) is 10. The van der Waals surface area contributed by atoms with Crippen molar-refractivity contribution in [2.24, 2.45) is 40.1 Å². The first-order valence-corrected chi connectivity index (χ1v) is 23.1. The lowest BCUT2D eigenvalue weighted by atomic mass is 9.55. The van der Waals surface area contributed by atoms with Gasteiger partial charge < -0.3 is 42.2 Å². The van der Waals surface area contributed by atoms with Crippen LogP contribution in [0.15, 0.2) is 0 Å². The molecule has 7 fully saturated rings. The average Bonchev–Trinajstić information content (AvgIpc) is 3.56. The van der Waals surface area contributed by atoms with E-state index >= 15 is 4.79 Å². The molecule has 0 radical (unpaired) electrons. The number of Topliss-reactive ketones (excluding diaryl/α,β-unsaturated/α-hetero) is 1. The maximum atomic E-state index is 17.1. The second-order valence-corrected chi connectivity index (χ2v) is 19.4. The van der Waals surface area contributed by atoms with Crippen LogP contribution in [0.1, 0.15) is 137 Å². The van der Waals surface area contributed by atoms with Gasteiger partial charge in [-0.15, -0.1) is 0 Å². The van der Waals surface area contributed by atoms with Crippen molar-refractivity contribution in [2.75, 3.05) is 33.4 Å². The second-order valence-electron chi connectivity index (χ2n) is 19.4. The van der Waals surface area contributed by atoms with Crippen LogP contribution in [0.5, 0.6) is 0 Å². The highest BCUT2D eigenvalue weighted by atomic mass is 16.5. The molecule has 7 aliphatic rings. The Morgan fingerprint density at radius 3 is 2.22 bits per heavy atom. The number of carbonyl (C=O) groups is 1. The van der Waals surface area contributed by atoms with Gasteiger partial charge in [0.1, 0.15) is 0 Å². The van der Waals surface area contributed by atoms with Crippen LogP contribution in [0.25, 0.3) is 0 Å². The maximum absolute atomic E-state index is 17.1. The summed E-state index contributed by atoms with van der Waals surface area (Å²) in [6.45, 7) is 14.2. The van der Waals surface area contributed by atoms with E-state index in [1.54, 1.807) is 0 Å². The summed E-state index contributed by atoms with van der Waals surface area (Å²) in [5, 5.41) is 17.1. The fourth-order valence-electron chi connectivity index (χ4n) is 13.8. The lowest BCUT2D eigenvalue weighted by Crippen LogP contribution is -2.67. The summed E-state index contributed by atoms with van der Waals surface area (Å²) < 4.78 is 13.9. The van der Waals surface area contributed by atoms with Gasteiger partial charge in [-0.3, -0.25) is 9.69 Å². The van der Waals surface area contributed by atoms with Crippen LogP contribution >= 0.6 is 0 Å². The number of nitrogens with zero attached hydrogens (tertiary/aromatic N) is 1. The molecule has 0 amide bonds. The zero-order chi connectivity index (χ0) is 38.2. The zero-order valence-corrected chi connectivity index (χ0v) is 35.1. The summed E-state index contributed by atoms with van der Waals surface area (Å²) in [6, 6.07) is 0.493. The Kier molecular flexibility index (Phi) is 13.6. The van der Waals surface area contributed by atoms with E-state index in [2.05, 4.69) is 67.8 Å². The number of unbranched alkanes of at least 4 members (excludes halogenated alkanes) is 3. The van der Waals surface area contributed by atoms with Crippen molar-refractivity contribution in [1.82, 2.24) is 26.2 Å². The van der Waals surface area contributed by atoms with Crippen LogP contribution < -0.4 is 32.7 Å². The van der Waals surface area contributed by atoms with E-state index in [0.29, 0.717) is 37.4 Å². The highest BCUT2D eigenvalue weighted by Gasteiger charge is 2.78. The number of rotatable bonds is 14. The fourth-order valence-corrected chi connectivity index (χ4v) is 13.8. The van der Waals surface area contributed by atoms with Gasteiger partial charge >= 0.3 is 0 Å². The van der Waals surface area contributed by atoms with Crippen molar-refractivity contribution in [3.05, 3.63) is 0 Å². The number of likely N-dealkylation sites (tertiary alicyclic amines) is 1. The third-order valence-electron chi connectivity index (χ3n) is 16.4. The van der Waals surface area contributed by atoms with Crippen LogP contribution in [-0.2, 0) is 14.3 Å². The van der Waals surface area contributed by atoms with Gasteiger partial charge in [-0.25, -0.2) is 0 Å². The summed E-state index contributed by atoms with van der Waals surface area (Å²) in [6.07, 6.45) is 19.0. The number of hydrogen-bond donors (Lipinski definition) is 6. The molecule has 10 nitrogen and oxygen atoms in total. The Hall–Kier alpha value is -0.690. The molecule has 2 aliphatic carbocycles. The van der Waals surface area contributed by atoms with E-state index in [4.69, 9.17) is 20.9 Å². The molecule has 5 heterocycles. The summed E-state index contributed by atoms with van der Waals surface area (Å²) in [7, 11) is 2.37. The van der Waals surface area contributed by atoms with E-state index in [-0.39, 0.29) is 78.5 Å². The van der Waals surface area contributed by atoms with E-state index in [1.807, 2.05) is 0 Å². The largest absolute Gasteiger partial charge is 0.377 e. The van der Waals surface area contributed by atoms with Crippen molar-refractivity contribution in [3.63, 3.8) is 0 Å². The molecule has 0 aromatic carbocycles. The third kappa shape index (κ3) is 6.99. The molecule has 1 spiro atoms. The third-order valence-corrected chi connectivity index (χ3v) is 16.4. The van der Waals surface area contributed by atoms with Gasteiger partial charge in [0, 0.05) is 67.0 Å². The average molecular weight is 756 g/mol. The number of nitrogens with one attached hydrogen (secondary N) is 4. The Balaban J connectivity index is 1.39. The standard InChI is InChI=1S/C44H81N7O3/c1-7-10-11-16-20-35-28(5)41-43(9-3)39(34(17-8-2)51(41)6)50-36(30-18-14-12-13-15-19-30)40-44(42(43)52)37(32(24-46)48-40)49-33(38(44)47-27(4)25-54-35)26-53-31-21-29(22-31)23-45/h27-41,47-50H,7-26,45-46H2,1-6H3. The number of carbonyl (C=O) groups excluding carboxylic acids is 1. The second kappa shape index (κ2) is 17.7. The molecule has 2 bridgehead atoms. The highest BCUT2D eigenvalue weighted by molar-refractivity contribution is 5.96. The predicted molar refractivity (Wildman–Crippen MR) is 218 cm³/mol. The van der Waals surface area contributed by atoms with Gasteiger partial charge in [0.2, 0.25) is 0 Å². The normalized spacial score (nSPS) is 47.1. The summed E-state index contributed by atoms with van der Waals surface area (Å²) in [4.78, 5) is 19.8. The minimum absolute atomic E-state index is 0.00329. The molecule has 8 N–H and O–H groups in total. The van der Waals surface area contributed by atoms with Gasteiger partial charge in [0.25, 0.3) is 0 Å². The molecule has 14 unspecified atom stereocenters. The van der Waals surface area contributed by atoms with Crippen molar-refractivity contribution in [1.29, 1.82) is 0 Å². The summed E-state index contributed by atoms with van der Waals surface area (Å²) in [5.74, 6) is 1.78. The van der Waals surface area contributed by atoms with E-state index in [1.165, 1.54) is 64.2 Å². The molecule has 5 saturated heterocycles. The van der Waals surface area contributed by atoms with Crippen molar-refractivity contribution < 1.29 is 14.3 Å². The Labute approximate surface area is 328 Å². The van der Waals surface area contributed by atoms with Gasteiger partial charge in [-0.1, -0.05) is 85.5 Å². The van der Waals surface area contributed by atoms with Crippen LogP contribution in [0.2, 0.25) is 0 Å². The Bertz CT molecular complexity index is 1230. The molecule has 10 heteroatoms. The fraction of sp³-hybridized carbons (Fsp3) is 0.977. The van der Waals surface area contributed by atoms with E-state index < -0.39 is 10.8 Å². The first-order chi connectivity index (χ1) is 26.2. The lowest BCUT2D eigenvalue weighted by molar-refractivity contribution is -0.145. The van der Waals surface area contributed by atoms with Crippen molar-refractivity contribution in [2.45, 2.75) is 210 Å². The molecular weight excluding hydrogens is 675 g/mol. The number of nitrogens with two attached hydrogens (primary N) is 2. The molecule has 0 aromatic heterocycles. The molecule has 14 atom stereocenters. The van der Waals surface area contributed by atoms with Crippen molar-refractivity contribution in [3.8, 4) is 0 Å². The number of likely N-dealkylation sites (N-methyl/N-ethyl adjacent to an activating group) is 1. The van der Waals surface area contributed by atoms with Gasteiger partial charge in [0.05, 0.1) is 36.3 Å². The number of ketones is 1. The highest BCUT2D eigenvalue weighted by Crippen LogP contribution is 2.60. The molecule has 7 rings (SSSR count). The van der Waals surface area contributed by atoms with Crippen LogP contribution in [0.4, 0.5) is 0 Å². The summed E-state index contributed by atoms with van der Waals surface area (Å²) >= 11 is 0. The van der Waals surface area contributed by atoms with E-state index in [0.717, 1.165) is 45.1 Å². The first kappa shape index (κ1) is 41.5. The molecule has 310 valence electrons. The minimum atomic E-state index is -0.693. The molecule has 54 heavy (non-hydrogen) atoms. The Morgan fingerprint density at radius 2 is 1.56 bits per heavy atom. The molecule has 2 saturated carbocycles. The van der Waals surface area contributed by atoms with Crippen LogP contribution in [-0.4, -0.2) is 117 Å².